The first kappa shape index (κ1) is 27.7. The van der Waals surface area contributed by atoms with Gasteiger partial charge < -0.3 is 14.6 Å². The Morgan fingerprint density at radius 2 is 2.06 bits per heavy atom. The molecule has 5 nitrogen and oxygen atoms in total. The van der Waals surface area contributed by atoms with Gasteiger partial charge in [-0.05, 0) is 92.3 Å². The van der Waals surface area contributed by atoms with Crippen molar-refractivity contribution < 1.29 is 28.2 Å². The molecule has 2 aromatic carbocycles. The number of aliphatic hydroxyl groups is 1. The molecule has 0 bridgehead atoms. The zero-order valence-electron chi connectivity index (χ0n) is 21.2. The van der Waals surface area contributed by atoms with E-state index in [4.69, 9.17) is 9.47 Å². The van der Waals surface area contributed by atoms with Gasteiger partial charge in [-0.2, -0.15) is 0 Å². The summed E-state index contributed by atoms with van der Waals surface area (Å²) in [5.41, 5.74) is 3.40. The van der Waals surface area contributed by atoms with Crippen molar-refractivity contribution in [2.24, 2.45) is 0 Å². The molecule has 1 heterocycles. The van der Waals surface area contributed by atoms with Crippen LogP contribution in [0.5, 0.6) is 0 Å². The lowest BCUT2D eigenvalue weighted by Crippen LogP contribution is -2.38. The number of ether oxygens (including phenoxy) is 2. The molecule has 0 radical (unpaired) electrons. The van der Waals surface area contributed by atoms with Crippen LogP contribution in [-0.2, 0) is 14.3 Å². The van der Waals surface area contributed by atoms with E-state index in [0.29, 0.717) is 23.2 Å². The number of carbonyl (C=O) groups is 1. The molecule has 1 aliphatic heterocycles. The molecule has 7 heteroatoms. The third-order valence-electron chi connectivity index (χ3n) is 6.46. The summed E-state index contributed by atoms with van der Waals surface area (Å²) in [7, 11) is 0. The van der Waals surface area contributed by atoms with Gasteiger partial charge in [0.25, 0.3) is 0 Å². The molecule has 3 atom stereocenters. The number of hydrogen-bond donors (Lipinski definition) is 1. The minimum atomic E-state index is -0.775. The quantitative estimate of drug-likeness (QED) is 0.328. The van der Waals surface area contributed by atoms with Crippen molar-refractivity contribution in [3.63, 3.8) is 0 Å². The Morgan fingerprint density at radius 1 is 1.28 bits per heavy atom. The minimum Gasteiger partial charge on any atom is -0.463 e. The Bertz CT molecular complexity index is 1100. The summed E-state index contributed by atoms with van der Waals surface area (Å²) in [6.45, 7) is 10.9. The summed E-state index contributed by atoms with van der Waals surface area (Å²) < 4.78 is 38.8. The standard InChI is InChI=1S/C29H35F2NO4/c1-5-35-29(34)13-11-22-10-12-24(30)16-26(22)21(4)36-18-25(33)17-32-14-6-7-28(32)20(3)23-9-8-19(2)27(31)15-23/h8-13,15-16,21,25,28,33H,3,5-7,14,17-18H2,1-2,4H3/b13-11+/t21-,25-,28+/m1/s1. The first-order chi connectivity index (χ1) is 17.2. The second-order valence-corrected chi connectivity index (χ2v) is 9.13. The summed E-state index contributed by atoms with van der Waals surface area (Å²) in [6.07, 6.45) is 3.42. The molecular weight excluding hydrogens is 464 g/mol. The van der Waals surface area contributed by atoms with Gasteiger partial charge in [-0.3, -0.25) is 4.90 Å². The van der Waals surface area contributed by atoms with Crippen LogP contribution in [0.2, 0.25) is 0 Å². The maximum Gasteiger partial charge on any atom is 0.330 e. The Hall–Kier alpha value is -2.87. The highest BCUT2D eigenvalue weighted by molar-refractivity contribution is 5.87. The number of esters is 1. The summed E-state index contributed by atoms with van der Waals surface area (Å²) >= 11 is 0. The number of likely N-dealkylation sites (tertiary alicyclic amines) is 1. The maximum absolute atomic E-state index is 14.1. The van der Waals surface area contributed by atoms with Crippen molar-refractivity contribution in [1.29, 1.82) is 0 Å². The molecule has 0 saturated carbocycles. The zero-order chi connectivity index (χ0) is 26.2. The van der Waals surface area contributed by atoms with Gasteiger partial charge in [-0.1, -0.05) is 24.8 Å². The van der Waals surface area contributed by atoms with Gasteiger partial charge in [0.1, 0.15) is 11.6 Å². The number of nitrogens with zero attached hydrogens (tertiary/aromatic N) is 1. The Balaban J connectivity index is 1.60. The van der Waals surface area contributed by atoms with E-state index in [-0.39, 0.29) is 25.1 Å². The number of carbonyl (C=O) groups excluding carboxylic acids is 1. The molecule has 1 saturated heterocycles. The molecule has 0 aliphatic carbocycles. The summed E-state index contributed by atoms with van der Waals surface area (Å²) in [4.78, 5) is 13.8. The van der Waals surface area contributed by atoms with Gasteiger partial charge in [0.05, 0.1) is 25.4 Å². The molecule has 36 heavy (non-hydrogen) atoms. The van der Waals surface area contributed by atoms with E-state index in [9.17, 15) is 18.7 Å². The Kier molecular flexibility index (Phi) is 9.93. The third kappa shape index (κ3) is 7.32. The van der Waals surface area contributed by atoms with Gasteiger partial charge in [-0.25, -0.2) is 13.6 Å². The summed E-state index contributed by atoms with van der Waals surface area (Å²) in [5.74, 6) is -1.15. The van der Waals surface area contributed by atoms with Crippen molar-refractivity contribution in [3.8, 4) is 0 Å². The molecule has 0 unspecified atom stereocenters. The number of benzene rings is 2. The average Bonchev–Trinajstić information content (AvgIpc) is 3.31. The second-order valence-electron chi connectivity index (χ2n) is 9.13. The average molecular weight is 500 g/mol. The fraction of sp³-hybridized carbons (Fsp3) is 0.414. The number of aryl methyl sites for hydroxylation is 1. The van der Waals surface area contributed by atoms with Crippen LogP contribution in [0.3, 0.4) is 0 Å². The first-order valence-electron chi connectivity index (χ1n) is 12.3. The highest BCUT2D eigenvalue weighted by atomic mass is 19.1. The zero-order valence-corrected chi connectivity index (χ0v) is 21.2. The van der Waals surface area contributed by atoms with Gasteiger partial charge in [0.2, 0.25) is 0 Å². The van der Waals surface area contributed by atoms with Crippen LogP contribution in [0, 0.1) is 18.6 Å². The predicted octanol–water partition coefficient (Wildman–Crippen LogP) is 5.47. The van der Waals surface area contributed by atoms with E-state index in [0.717, 1.165) is 30.5 Å². The third-order valence-corrected chi connectivity index (χ3v) is 6.46. The van der Waals surface area contributed by atoms with Gasteiger partial charge >= 0.3 is 5.97 Å². The minimum absolute atomic E-state index is 0.0158. The van der Waals surface area contributed by atoms with Crippen molar-refractivity contribution >= 4 is 17.6 Å². The molecule has 194 valence electrons. The fourth-order valence-corrected chi connectivity index (χ4v) is 4.49. The second kappa shape index (κ2) is 12.9. The molecule has 0 spiro atoms. The molecule has 1 aliphatic rings. The van der Waals surface area contributed by atoms with Crippen molar-refractivity contribution in [3.05, 3.63) is 82.9 Å². The van der Waals surface area contributed by atoms with Crippen LogP contribution >= 0.6 is 0 Å². The topological polar surface area (TPSA) is 59.0 Å². The van der Waals surface area contributed by atoms with E-state index in [1.807, 2.05) is 6.07 Å². The van der Waals surface area contributed by atoms with Crippen molar-refractivity contribution in [1.82, 2.24) is 4.90 Å². The number of aliphatic hydroxyl groups excluding tert-OH is 1. The lowest BCUT2D eigenvalue weighted by Gasteiger charge is -2.29. The van der Waals surface area contributed by atoms with Crippen molar-refractivity contribution in [2.45, 2.75) is 51.9 Å². The molecule has 2 aromatic rings. The van der Waals surface area contributed by atoms with E-state index in [1.165, 1.54) is 24.3 Å². The van der Waals surface area contributed by atoms with E-state index in [1.54, 1.807) is 39.0 Å². The molecule has 1 fully saturated rings. The smallest absolute Gasteiger partial charge is 0.330 e. The van der Waals surface area contributed by atoms with E-state index < -0.39 is 24.0 Å². The van der Waals surface area contributed by atoms with Crippen LogP contribution in [0.4, 0.5) is 8.78 Å². The molecule has 0 amide bonds. The first-order valence-corrected chi connectivity index (χ1v) is 12.3. The lowest BCUT2D eigenvalue weighted by atomic mass is 9.97. The van der Waals surface area contributed by atoms with Gasteiger partial charge in [0, 0.05) is 18.7 Å². The van der Waals surface area contributed by atoms with Crippen LogP contribution in [0.1, 0.15) is 55.0 Å². The van der Waals surface area contributed by atoms with E-state index >= 15 is 0 Å². The monoisotopic (exact) mass is 499 g/mol. The highest BCUT2D eigenvalue weighted by Gasteiger charge is 2.29. The Morgan fingerprint density at radius 3 is 2.78 bits per heavy atom. The molecule has 0 aromatic heterocycles. The number of rotatable bonds is 11. The summed E-state index contributed by atoms with van der Waals surface area (Å²) in [5, 5.41) is 10.7. The summed E-state index contributed by atoms with van der Waals surface area (Å²) in [6, 6.07) is 9.42. The Labute approximate surface area is 212 Å². The van der Waals surface area contributed by atoms with Gasteiger partial charge in [-0.15, -0.1) is 0 Å². The lowest BCUT2D eigenvalue weighted by molar-refractivity contribution is -0.137. The molecular formula is C29H35F2NO4. The van der Waals surface area contributed by atoms with Crippen LogP contribution in [0.15, 0.2) is 49.1 Å². The fourth-order valence-electron chi connectivity index (χ4n) is 4.49. The van der Waals surface area contributed by atoms with Crippen LogP contribution < -0.4 is 0 Å². The van der Waals surface area contributed by atoms with E-state index in [2.05, 4.69) is 11.5 Å². The molecule has 1 N–H and O–H groups in total. The largest absolute Gasteiger partial charge is 0.463 e. The van der Waals surface area contributed by atoms with Crippen LogP contribution in [0.25, 0.3) is 11.6 Å². The normalized spacial score (nSPS) is 17.9. The highest BCUT2D eigenvalue weighted by Crippen LogP contribution is 2.30. The predicted molar refractivity (Wildman–Crippen MR) is 137 cm³/mol. The SMILES string of the molecule is C=C(c1ccc(C)c(F)c1)[C@@H]1CCCN1C[C@@H](O)CO[C@H](C)c1cc(F)ccc1/C=C/C(=O)OCC. The van der Waals surface area contributed by atoms with Crippen LogP contribution in [-0.4, -0.2) is 54.4 Å². The number of hydrogen-bond acceptors (Lipinski definition) is 5. The number of β-amino-alcohol motifs (C(OH)–C–C–N with tert-alkyl or cyclic N) is 1. The van der Waals surface area contributed by atoms with Crippen molar-refractivity contribution in [2.75, 3.05) is 26.3 Å². The number of halogens is 2. The molecule has 3 rings (SSSR count). The van der Waals surface area contributed by atoms with Gasteiger partial charge in [0.15, 0.2) is 0 Å². The maximum atomic E-state index is 14.1.